The maximum absolute atomic E-state index is 13.1. The molecular formula is C19H26N4O3S2. The van der Waals surface area contributed by atoms with Gasteiger partial charge in [0.05, 0.1) is 11.2 Å². The molecule has 2 heterocycles. The number of hydrogen-bond donors (Lipinski definition) is 1. The summed E-state index contributed by atoms with van der Waals surface area (Å²) in [5.74, 6) is 0.566. The highest BCUT2D eigenvalue weighted by Crippen LogP contribution is 2.23. The van der Waals surface area contributed by atoms with Crippen molar-refractivity contribution in [3.05, 3.63) is 49.1 Å². The number of amides is 1. The second kappa shape index (κ2) is 9.58. The normalized spacial score (nSPS) is 16.8. The van der Waals surface area contributed by atoms with Crippen LogP contribution in [0, 0.1) is 0 Å². The monoisotopic (exact) mass is 422 g/mol. The van der Waals surface area contributed by atoms with Crippen LogP contribution in [0.5, 0.6) is 0 Å². The van der Waals surface area contributed by atoms with Crippen LogP contribution in [0.2, 0.25) is 0 Å². The van der Waals surface area contributed by atoms with Gasteiger partial charge in [-0.3, -0.25) is 4.79 Å². The van der Waals surface area contributed by atoms with Crippen molar-refractivity contribution in [3.63, 3.8) is 0 Å². The highest BCUT2D eigenvalue weighted by atomic mass is 32.2. The molecule has 1 N–H and O–H groups in total. The van der Waals surface area contributed by atoms with E-state index >= 15 is 0 Å². The van der Waals surface area contributed by atoms with Crippen molar-refractivity contribution in [3.8, 4) is 0 Å². The van der Waals surface area contributed by atoms with E-state index in [1.165, 1.54) is 12.1 Å². The molecule has 1 amide bonds. The van der Waals surface area contributed by atoms with E-state index in [1.807, 2.05) is 12.5 Å². The molecule has 1 fully saturated rings. The van der Waals surface area contributed by atoms with Crippen molar-refractivity contribution in [1.82, 2.24) is 19.2 Å². The van der Waals surface area contributed by atoms with E-state index in [0.717, 1.165) is 12.8 Å². The summed E-state index contributed by atoms with van der Waals surface area (Å²) in [5, 5.41) is 0. The van der Waals surface area contributed by atoms with E-state index in [4.69, 9.17) is 0 Å². The van der Waals surface area contributed by atoms with Gasteiger partial charge in [-0.1, -0.05) is 18.2 Å². The van der Waals surface area contributed by atoms with Crippen LogP contribution in [0.4, 0.5) is 0 Å². The van der Waals surface area contributed by atoms with Gasteiger partial charge in [0.15, 0.2) is 0 Å². The lowest BCUT2D eigenvalue weighted by molar-refractivity contribution is -0.134. The molecule has 2 aromatic rings. The van der Waals surface area contributed by atoms with Gasteiger partial charge >= 0.3 is 0 Å². The number of imidazole rings is 1. The molecule has 152 valence electrons. The average Bonchev–Trinajstić information content (AvgIpc) is 3.26. The zero-order valence-corrected chi connectivity index (χ0v) is 17.5. The van der Waals surface area contributed by atoms with Gasteiger partial charge < -0.3 is 9.47 Å². The number of thioether (sulfide) groups is 1. The summed E-state index contributed by atoms with van der Waals surface area (Å²) in [4.78, 5) is 19.1. The van der Waals surface area contributed by atoms with Crippen LogP contribution in [0.3, 0.4) is 0 Å². The van der Waals surface area contributed by atoms with E-state index in [2.05, 4.69) is 14.3 Å². The first-order valence-corrected chi connectivity index (χ1v) is 12.2. The molecule has 0 spiro atoms. The van der Waals surface area contributed by atoms with E-state index in [0.29, 0.717) is 31.3 Å². The van der Waals surface area contributed by atoms with Crippen molar-refractivity contribution in [2.24, 2.45) is 0 Å². The number of aromatic nitrogens is 2. The molecule has 9 heteroatoms. The SMILES string of the molecule is CSCCC(NS(=O)(=O)c1ccccc1)C(=O)N1CCC(n2ccnc2)CC1. The van der Waals surface area contributed by atoms with Gasteiger partial charge in [0.1, 0.15) is 6.04 Å². The number of rotatable bonds is 8. The minimum absolute atomic E-state index is 0.141. The number of benzene rings is 1. The molecule has 0 bridgehead atoms. The van der Waals surface area contributed by atoms with Crippen LogP contribution in [-0.2, 0) is 14.8 Å². The highest BCUT2D eigenvalue weighted by Gasteiger charge is 2.31. The number of likely N-dealkylation sites (tertiary alicyclic amines) is 1. The fourth-order valence-electron chi connectivity index (χ4n) is 3.41. The maximum Gasteiger partial charge on any atom is 0.241 e. The lowest BCUT2D eigenvalue weighted by Gasteiger charge is -2.34. The number of sulfonamides is 1. The van der Waals surface area contributed by atoms with Crippen molar-refractivity contribution < 1.29 is 13.2 Å². The molecule has 0 saturated carbocycles. The minimum Gasteiger partial charge on any atom is -0.341 e. The number of carbonyl (C=O) groups is 1. The lowest BCUT2D eigenvalue weighted by atomic mass is 10.0. The van der Waals surface area contributed by atoms with Gasteiger partial charge in [-0.15, -0.1) is 0 Å². The Labute approximate surface area is 170 Å². The molecule has 0 aliphatic carbocycles. The fraction of sp³-hybridized carbons (Fsp3) is 0.474. The standard InChI is InChI=1S/C19H26N4O3S2/c1-27-14-9-18(21-28(25,26)17-5-3-2-4-6-17)19(24)22-11-7-16(8-12-22)23-13-10-20-15-23/h2-6,10,13,15-16,18,21H,7-9,11-12,14H2,1H3. The molecular weight excluding hydrogens is 396 g/mol. The molecule has 1 aliphatic heterocycles. The smallest absolute Gasteiger partial charge is 0.241 e. The topological polar surface area (TPSA) is 84.3 Å². The Morgan fingerprint density at radius 3 is 2.61 bits per heavy atom. The van der Waals surface area contributed by atoms with Gasteiger partial charge in [0.2, 0.25) is 15.9 Å². The number of hydrogen-bond acceptors (Lipinski definition) is 5. The fourth-order valence-corrected chi connectivity index (χ4v) is 5.13. The molecule has 7 nitrogen and oxygen atoms in total. The number of nitrogens with zero attached hydrogens (tertiary/aromatic N) is 3. The van der Waals surface area contributed by atoms with Crippen LogP contribution in [-0.4, -0.2) is 59.9 Å². The largest absolute Gasteiger partial charge is 0.341 e. The minimum atomic E-state index is -3.74. The maximum atomic E-state index is 13.1. The van der Waals surface area contributed by atoms with Gasteiger partial charge in [-0.05, 0) is 43.4 Å². The lowest BCUT2D eigenvalue weighted by Crippen LogP contribution is -2.51. The van der Waals surface area contributed by atoms with Crippen molar-refractivity contribution >= 4 is 27.7 Å². The molecule has 28 heavy (non-hydrogen) atoms. The average molecular weight is 423 g/mol. The van der Waals surface area contributed by atoms with Crippen molar-refractivity contribution in [1.29, 1.82) is 0 Å². The zero-order valence-electron chi connectivity index (χ0n) is 15.9. The Bertz CT molecular complexity index is 849. The van der Waals surface area contributed by atoms with E-state index < -0.39 is 16.1 Å². The number of carbonyl (C=O) groups excluding carboxylic acids is 1. The summed E-state index contributed by atoms with van der Waals surface area (Å²) in [6, 6.07) is 7.77. The molecule has 1 aromatic heterocycles. The zero-order chi connectivity index (χ0) is 20.0. The molecule has 1 saturated heterocycles. The van der Waals surface area contributed by atoms with Crippen LogP contribution < -0.4 is 4.72 Å². The van der Waals surface area contributed by atoms with Crippen LogP contribution in [0.15, 0.2) is 53.9 Å². The van der Waals surface area contributed by atoms with E-state index in [-0.39, 0.29) is 10.8 Å². The Morgan fingerprint density at radius 2 is 2.00 bits per heavy atom. The summed E-state index contributed by atoms with van der Waals surface area (Å²) < 4.78 is 30.1. The van der Waals surface area contributed by atoms with Gasteiger partial charge in [-0.25, -0.2) is 13.4 Å². The molecule has 1 aliphatic rings. The van der Waals surface area contributed by atoms with Crippen molar-refractivity contribution in [2.45, 2.75) is 36.2 Å². The Hall–Kier alpha value is -1.84. The van der Waals surface area contributed by atoms with Gasteiger partial charge in [0.25, 0.3) is 0 Å². The van der Waals surface area contributed by atoms with E-state index in [9.17, 15) is 13.2 Å². The predicted molar refractivity (Wildman–Crippen MR) is 111 cm³/mol. The Balaban J connectivity index is 1.66. The first kappa shape index (κ1) is 20.9. The number of nitrogens with one attached hydrogen (secondary N) is 1. The molecule has 0 radical (unpaired) electrons. The molecule has 3 rings (SSSR count). The second-order valence-corrected chi connectivity index (χ2v) is 9.53. The summed E-state index contributed by atoms with van der Waals surface area (Å²) in [6.45, 7) is 1.23. The summed E-state index contributed by atoms with van der Waals surface area (Å²) in [6.07, 6.45) is 9.59. The van der Waals surface area contributed by atoms with Gasteiger partial charge in [-0.2, -0.15) is 16.5 Å². The van der Waals surface area contributed by atoms with Crippen LogP contribution in [0.1, 0.15) is 25.3 Å². The third-order valence-electron chi connectivity index (χ3n) is 4.98. The third kappa shape index (κ3) is 5.15. The van der Waals surface area contributed by atoms with Crippen molar-refractivity contribution in [2.75, 3.05) is 25.1 Å². The van der Waals surface area contributed by atoms with Crippen LogP contribution >= 0.6 is 11.8 Å². The Kier molecular flexibility index (Phi) is 7.14. The highest BCUT2D eigenvalue weighted by molar-refractivity contribution is 7.98. The van der Waals surface area contributed by atoms with E-state index in [1.54, 1.807) is 47.4 Å². The third-order valence-corrected chi connectivity index (χ3v) is 7.11. The predicted octanol–water partition coefficient (Wildman–Crippen LogP) is 2.15. The summed E-state index contributed by atoms with van der Waals surface area (Å²) >= 11 is 1.60. The quantitative estimate of drug-likeness (QED) is 0.705. The number of piperidine rings is 1. The Morgan fingerprint density at radius 1 is 1.29 bits per heavy atom. The summed E-state index contributed by atoms with van der Waals surface area (Å²) in [7, 11) is -3.74. The summed E-state index contributed by atoms with van der Waals surface area (Å²) in [5.41, 5.74) is 0. The first-order valence-electron chi connectivity index (χ1n) is 9.34. The molecule has 1 atom stereocenters. The molecule has 1 aromatic carbocycles. The second-order valence-electron chi connectivity index (χ2n) is 6.83. The first-order chi connectivity index (χ1) is 13.5. The molecule has 1 unspecified atom stereocenters. The van der Waals surface area contributed by atoms with Crippen LogP contribution in [0.25, 0.3) is 0 Å². The van der Waals surface area contributed by atoms with Gasteiger partial charge in [0, 0.05) is 31.5 Å².